The van der Waals surface area contributed by atoms with Gasteiger partial charge in [-0.15, -0.1) is 0 Å². The van der Waals surface area contributed by atoms with Crippen molar-refractivity contribution >= 4 is 5.97 Å². The summed E-state index contributed by atoms with van der Waals surface area (Å²) in [4.78, 5) is 11.4. The Morgan fingerprint density at radius 1 is 1.21 bits per heavy atom. The third kappa shape index (κ3) is 6.61. The molecule has 0 atom stereocenters. The summed E-state index contributed by atoms with van der Waals surface area (Å²) in [6.07, 6.45) is -4.42. The lowest BCUT2D eigenvalue weighted by molar-refractivity contribution is -0.173. The van der Waals surface area contributed by atoms with E-state index in [1.54, 1.807) is 24.3 Å². The monoisotopic (exact) mass is 274 g/mol. The average molecular weight is 274 g/mol. The van der Waals surface area contributed by atoms with Gasteiger partial charge >= 0.3 is 12.1 Å². The van der Waals surface area contributed by atoms with Crippen LogP contribution in [-0.2, 0) is 20.9 Å². The lowest BCUT2D eigenvalue weighted by Gasteiger charge is -2.09. The van der Waals surface area contributed by atoms with E-state index in [-0.39, 0.29) is 12.2 Å². The molecule has 1 aromatic carbocycles. The molecule has 0 aromatic heterocycles. The smallest absolute Gasteiger partial charge is 0.411 e. The van der Waals surface area contributed by atoms with Crippen LogP contribution in [0, 0.1) is 0 Å². The molecule has 0 fully saturated rings. The van der Waals surface area contributed by atoms with Gasteiger partial charge in [0, 0.05) is 0 Å². The molecule has 0 heterocycles. The molecule has 6 heteroatoms. The Labute approximate surface area is 108 Å². The van der Waals surface area contributed by atoms with Crippen molar-refractivity contribution in [1.82, 2.24) is 0 Å². The highest BCUT2D eigenvalue weighted by Crippen LogP contribution is 2.15. The predicted octanol–water partition coefficient (Wildman–Crippen LogP) is 2.86. The maximum absolute atomic E-state index is 11.8. The van der Waals surface area contributed by atoms with Gasteiger partial charge in [-0.05, 0) is 5.56 Å². The molecule has 0 unspecified atom stereocenters. The molecule has 0 radical (unpaired) electrons. The van der Waals surface area contributed by atoms with Crippen molar-refractivity contribution in [3.05, 3.63) is 48.0 Å². The summed E-state index contributed by atoms with van der Waals surface area (Å²) in [6, 6.07) is 8.90. The van der Waals surface area contributed by atoms with Gasteiger partial charge in [0.1, 0.15) is 13.2 Å². The first-order valence-electron chi connectivity index (χ1n) is 5.42. The van der Waals surface area contributed by atoms with Gasteiger partial charge in [-0.2, -0.15) is 13.2 Å². The Kier molecular flexibility index (Phi) is 5.57. The molecular weight excluding hydrogens is 261 g/mol. The minimum Gasteiger partial charge on any atom is -0.457 e. The SMILES string of the molecule is C=C(COCC(F)(F)F)C(=O)OCc1ccccc1. The summed E-state index contributed by atoms with van der Waals surface area (Å²) in [5.74, 6) is -0.772. The molecule has 1 rings (SSSR count). The fraction of sp³-hybridized carbons (Fsp3) is 0.308. The minimum atomic E-state index is -4.42. The van der Waals surface area contributed by atoms with E-state index in [4.69, 9.17) is 4.74 Å². The average Bonchev–Trinajstić information content (AvgIpc) is 2.35. The van der Waals surface area contributed by atoms with Crippen molar-refractivity contribution in [2.75, 3.05) is 13.2 Å². The first kappa shape index (κ1) is 15.2. The molecule has 0 N–H and O–H groups in total. The summed E-state index contributed by atoms with van der Waals surface area (Å²) in [5, 5.41) is 0. The van der Waals surface area contributed by atoms with Crippen molar-refractivity contribution in [3.8, 4) is 0 Å². The lowest BCUT2D eigenvalue weighted by atomic mass is 10.2. The van der Waals surface area contributed by atoms with Gasteiger partial charge in [-0.1, -0.05) is 36.9 Å². The fourth-order valence-corrected chi connectivity index (χ4v) is 1.17. The Morgan fingerprint density at radius 2 is 1.84 bits per heavy atom. The molecule has 3 nitrogen and oxygen atoms in total. The molecule has 0 bridgehead atoms. The van der Waals surface area contributed by atoms with Crippen LogP contribution in [0.1, 0.15) is 5.56 Å². The Bertz CT molecular complexity index is 427. The van der Waals surface area contributed by atoms with Gasteiger partial charge in [0.25, 0.3) is 0 Å². The van der Waals surface area contributed by atoms with Crippen molar-refractivity contribution in [3.63, 3.8) is 0 Å². The highest BCUT2D eigenvalue weighted by Gasteiger charge is 2.27. The third-order valence-corrected chi connectivity index (χ3v) is 2.04. The van der Waals surface area contributed by atoms with Gasteiger partial charge in [-0.3, -0.25) is 0 Å². The number of ether oxygens (including phenoxy) is 2. The quantitative estimate of drug-likeness (QED) is 0.591. The first-order chi connectivity index (χ1) is 8.88. The van der Waals surface area contributed by atoms with Crippen LogP contribution in [0.5, 0.6) is 0 Å². The van der Waals surface area contributed by atoms with E-state index in [1.807, 2.05) is 6.07 Å². The zero-order chi connectivity index (χ0) is 14.3. The van der Waals surface area contributed by atoms with Crippen LogP contribution in [0.2, 0.25) is 0 Å². The number of hydrogen-bond donors (Lipinski definition) is 0. The highest BCUT2D eigenvalue weighted by atomic mass is 19.4. The summed E-state index contributed by atoms with van der Waals surface area (Å²) in [5.41, 5.74) is 0.625. The van der Waals surface area contributed by atoms with Crippen LogP contribution < -0.4 is 0 Å². The number of alkyl halides is 3. The second-order valence-electron chi connectivity index (χ2n) is 3.77. The number of rotatable bonds is 6. The van der Waals surface area contributed by atoms with Crippen LogP contribution in [-0.4, -0.2) is 25.4 Å². The van der Waals surface area contributed by atoms with Crippen LogP contribution in [0.15, 0.2) is 42.5 Å². The predicted molar refractivity (Wildman–Crippen MR) is 62.3 cm³/mol. The summed E-state index contributed by atoms with van der Waals surface area (Å²) >= 11 is 0. The molecule has 104 valence electrons. The Hall–Kier alpha value is -1.82. The second kappa shape index (κ2) is 6.94. The zero-order valence-corrected chi connectivity index (χ0v) is 10.1. The van der Waals surface area contributed by atoms with E-state index in [0.717, 1.165) is 5.56 Å². The van der Waals surface area contributed by atoms with Gasteiger partial charge < -0.3 is 9.47 Å². The van der Waals surface area contributed by atoms with E-state index in [1.165, 1.54) is 0 Å². The van der Waals surface area contributed by atoms with Crippen molar-refractivity contribution in [1.29, 1.82) is 0 Å². The Balaban J connectivity index is 2.28. The van der Waals surface area contributed by atoms with Crippen molar-refractivity contribution in [2.24, 2.45) is 0 Å². The molecule has 0 saturated heterocycles. The molecule has 0 saturated carbocycles. The zero-order valence-electron chi connectivity index (χ0n) is 10.1. The number of carbonyl (C=O) groups excluding carboxylic acids is 1. The van der Waals surface area contributed by atoms with E-state index >= 15 is 0 Å². The van der Waals surface area contributed by atoms with E-state index in [2.05, 4.69) is 11.3 Å². The molecule has 0 aliphatic heterocycles. The highest BCUT2D eigenvalue weighted by molar-refractivity contribution is 5.87. The topological polar surface area (TPSA) is 35.5 Å². The van der Waals surface area contributed by atoms with Gasteiger partial charge in [0.2, 0.25) is 0 Å². The van der Waals surface area contributed by atoms with Crippen LogP contribution in [0.3, 0.4) is 0 Å². The summed E-state index contributed by atoms with van der Waals surface area (Å²) in [6.45, 7) is 1.43. The standard InChI is InChI=1S/C13H13F3O3/c1-10(7-18-9-13(14,15)16)12(17)19-8-11-5-3-2-4-6-11/h2-6H,1,7-9H2. The first-order valence-corrected chi connectivity index (χ1v) is 5.42. The van der Waals surface area contributed by atoms with Crippen LogP contribution in [0.4, 0.5) is 13.2 Å². The second-order valence-corrected chi connectivity index (χ2v) is 3.77. The van der Waals surface area contributed by atoms with E-state index in [9.17, 15) is 18.0 Å². The number of halogens is 3. The van der Waals surface area contributed by atoms with Crippen molar-refractivity contribution in [2.45, 2.75) is 12.8 Å². The lowest BCUT2D eigenvalue weighted by Crippen LogP contribution is -2.20. The molecular formula is C13H13F3O3. The van der Waals surface area contributed by atoms with Gasteiger partial charge in [0.05, 0.1) is 12.2 Å². The van der Waals surface area contributed by atoms with E-state index in [0.29, 0.717) is 0 Å². The molecule has 0 aliphatic carbocycles. The number of esters is 1. The summed E-state index contributed by atoms with van der Waals surface area (Å²) < 4.78 is 44.6. The number of benzene rings is 1. The minimum absolute atomic E-state index is 0.0396. The van der Waals surface area contributed by atoms with Crippen molar-refractivity contribution < 1.29 is 27.4 Å². The fourth-order valence-electron chi connectivity index (χ4n) is 1.17. The summed E-state index contributed by atoms with van der Waals surface area (Å²) in [7, 11) is 0. The van der Waals surface area contributed by atoms with Crippen LogP contribution >= 0.6 is 0 Å². The van der Waals surface area contributed by atoms with Gasteiger partial charge in [0.15, 0.2) is 0 Å². The number of carbonyl (C=O) groups is 1. The maximum atomic E-state index is 11.8. The molecule has 0 amide bonds. The number of hydrogen-bond acceptors (Lipinski definition) is 3. The molecule has 0 aliphatic rings. The Morgan fingerprint density at radius 3 is 2.42 bits per heavy atom. The van der Waals surface area contributed by atoms with E-state index < -0.39 is 25.4 Å². The molecule has 0 spiro atoms. The van der Waals surface area contributed by atoms with Crippen LogP contribution in [0.25, 0.3) is 0 Å². The molecule has 19 heavy (non-hydrogen) atoms. The molecule has 1 aromatic rings. The largest absolute Gasteiger partial charge is 0.457 e. The normalized spacial score (nSPS) is 11.1. The van der Waals surface area contributed by atoms with Gasteiger partial charge in [-0.25, -0.2) is 4.79 Å². The third-order valence-electron chi connectivity index (χ3n) is 2.04. The maximum Gasteiger partial charge on any atom is 0.411 e.